The number of carbonyl (C=O) groups is 1. The standard InChI is InChI=1S/C14H15N3.C9H16O2/c1-10-9-13(11-7-8-11)17-14(15-10)16-12-5-3-2-4-6-12;1-2-3-4-5-6-7-8-9(10)11/h2-6,9,11H,7-8H2,1H3,(H,15,16,17);7-8H,2-6H2,1H3,(H,10,11)/b;8-7+. The zero-order chi connectivity index (χ0) is 20.2. The van der Waals surface area contributed by atoms with Crippen LogP contribution in [-0.2, 0) is 4.79 Å². The van der Waals surface area contributed by atoms with E-state index in [1.54, 1.807) is 6.08 Å². The van der Waals surface area contributed by atoms with Crippen LogP contribution in [0.15, 0.2) is 48.6 Å². The average molecular weight is 382 g/mol. The Morgan fingerprint density at radius 3 is 2.57 bits per heavy atom. The number of hydrogen-bond acceptors (Lipinski definition) is 4. The van der Waals surface area contributed by atoms with Crippen LogP contribution >= 0.6 is 0 Å². The van der Waals surface area contributed by atoms with Crippen molar-refractivity contribution >= 4 is 17.6 Å². The molecule has 0 atom stereocenters. The molecule has 1 aromatic carbocycles. The van der Waals surface area contributed by atoms with Crippen LogP contribution in [0, 0.1) is 6.92 Å². The van der Waals surface area contributed by atoms with Crippen LogP contribution in [-0.4, -0.2) is 21.0 Å². The fourth-order valence-electron chi connectivity index (χ4n) is 2.76. The molecule has 1 fully saturated rings. The Morgan fingerprint density at radius 1 is 1.18 bits per heavy atom. The largest absolute Gasteiger partial charge is 0.478 e. The van der Waals surface area contributed by atoms with Crippen molar-refractivity contribution in [2.75, 3.05) is 5.32 Å². The number of nitrogens with one attached hydrogen (secondary N) is 1. The molecule has 0 radical (unpaired) electrons. The molecule has 1 heterocycles. The molecule has 0 unspecified atom stereocenters. The van der Waals surface area contributed by atoms with Gasteiger partial charge in [0.2, 0.25) is 5.95 Å². The van der Waals surface area contributed by atoms with Gasteiger partial charge in [0.15, 0.2) is 0 Å². The Balaban J connectivity index is 0.000000224. The summed E-state index contributed by atoms with van der Waals surface area (Å²) in [5.74, 6) is 0.520. The van der Waals surface area contributed by atoms with Crippen molar-refractivity contribution in [1.29, 1.82) is 0 Å². The maximum Gasteiger partial charge on any atom is 0.327 e. The lowest BCUT2D eigenvalue weighted by molar-refractivity contribution is -0.131. The molecule has 5 nitrogen and oxygen atoms in total. The molecule has 1 aliphatic carbocycles. The molecule has 3 rings (SSSR count). The predicted octanol–water partition coefficient (Wildman–Crippen LogP) is 6.00. The van der Waals surface area contributed by atoms with Gasteiger partial charge in [-0.3, -0.25) is 0 Å². The van der Waals surface area contributed by atoms with E-state index in [-0.39, 0.29) is 0 Å². The van der Waals surface area contributed by atoms with E-state index in [1.165, 1.54) is 43.9 Å². The molecule has 1 aromatic heterocycles. The van der Waals surface area contributed by atoms with Crippen LogP contribution in [0.5, 0.6) is 0 Å². The number of para-hydroxylation sites is 1. The summed E-state index contributed by atoms with van der Waals surface area (Å²) >= 11 is 0. The molecule has 28 heavy (non-hydrogen) atoms. The molecule has 1 saturated carbocycles. The summed E-state index contributed by atoms with van der Waals surface area (Å²) in [6, 6.07) is 12.1. The molecule has 2 aromatic rings. The number of aromatic nitrogens is 2. The molecule has 2 N–H and O–H groups in total. The summed E-state index contributed by atoms with van der Waals surface area (Å²) in [6.07, 6.45) is 11.2. The van der Waals surface area contributed by atoms with Gasteiger partial charge in [-0.25, -0.2) is 14.8 Å². The summed E-state index contributed by atoms with van der Waals surface area (Å²) in [5.41, 5.74) is 3.23. The van der Waals surface area contributed by atoms with Gasteiger partial charge in [-0.05, 0) is 50.8 Å². The van der Waals surface area contributed by atoms with E-state index in [0.717, 1.165) is 24.2 Å². The second-order valence-corrected chi connectivity index (χ2v) is 7.11. The second kappa shape index (κ2) is 11.9. The highest BCUT2D eigenvalue weighted by molar-refractivity contribution is 5.79. The highest BCUT2D eigenvalue weighted by Crippen LogP contribution is 2.39. The quantitative estimate of drug-likeness (QED) is 0.411. The minimum absolute atomic E-state index is 0.660. The van der Waals surface area contributed by atoms with Crippen LogP contribution in [0.25, 0.3) is 0 Å². The average Bonchev–Trinajstić information content (AvgIpc) is 3.51. The second-order valence-electron chi connectivity index (χ2n) is 7.11. The van der Waals surface area contributed by atoms with Crippen LogP contribution < -0.4 is 5.32 Å². The lowest BCUT2D eigenvalue weighted by atomic mass is 10.1. The zero-order valence-corrected chi connectivity index (χ0v) is 16.9. The molecule has 0 saturated heterocycles. The number of hydrogen-bond donors (Lipinski definition) is 2. The molecule has 0 bridgehead atoms. The van der Waals surface area contributed by atoms with E-state index in [9.17, 15) is 4.79 Å². The first-order valence-corrected chi connectivity index (χ1v) is 10.2. The molecular weight excluding hydrogens is 350 g/mol. The molecule has 150 valence electrons. The number of anilines is 2. The number of benzene rings is 1. The zero-order valence-electron chi connectivity index (χ0n) is 16.9. The van der Waals surface area contributed by atoms with Crippen LogP contribution in [0.2, 0.25) is 0 Å². The summed E-state index contributed by atoms with van der Waals surface area (Å²) in [5, 5.41) is 11.5. The first kappa shape index (κ1) is 21.6. The van der Waals surface area contributed by atoms with Gasteiger partial charge in [-0.15, -0.1) is 0 Å². The van der Waals surface area contributed by atoms with Gasteiger partial charge in [-0.2, -0.15) is 0 Å². The van der Waals surface area contributed by atoms with Crippen LogP contribution in [0.3, 0.4) is 0 Å². The lowest BCUT2D eigenvalue weighted by Gasteiger charge is -2.07. The van der Waals surface area contributed by atoms with Crippen LogP contribution in [0.1, 0.15) is 69.2 Å². The smallest absolute Gasteiger partial charge is 0.327 e. The summed E-state index contributed by atoms with van der Waals surface area (Å²) in [4.78, 5) is 19.0. The molecule has 5 heteroatoms. The highest BCUT2D eigenvalue weighted by Gasteiger charge is 2.25. The van der Waals surface area contributed by atoms with Crippen molar-refractivity contribution in [3.8, 4) is 0 Å². The number of carboxylic acids is 1. The normalized spacial score (nSPS) is 13.1. The SMILES string of the molecule is CCCCCC/C=C/C(=O)O.Cc1cc(C2CC2)nc(Nc2ccccc2)n1. The van der Waals surface area contributed by atoms with E-state index in [1.807, 2.05) is 37.3 Å². The first-order valence-electron chi connectivity index (χ1n) is 10.2. The molecule has 1 aliphatic rings. The fourth-order valence-corrected chi connectivity index (χ4v) is 2.76. The van der Waals surface area contributed by atoms with Crippen molar-refractivity contribution in [3.63, 3.8) is 0 Å². The Labute approximate surface area is 167 Å². The van der Waals surface area contributed by atoms with Gasteiger partial charge in [0, 0.05) is 29.1 Å². The van der Waals surface area contributed by atoms with Gasteiger partial charge in [0.05, 0.1) is 0 Å². The Kier molecular flexibility index (Phi) is 9.19. The maximum absolute atomic E-state index is 10.0. The van der Waals surface area contributed by atoms with Gasteiger partial charge in [0.25, 0.3) is 0 Å². The summed E-state index contributed by atoms with van der Waals surface area (Å²) < 4.78 is 0. The number of aliphatic carboxylic acids is 1. The fraction of sp³-hybridized carbons (Fsp3) is 0.435. The third-order valence-electron chi connectivity index (χ3n) is 4.38. The monoisotopic (exact) mass is 381 g/mol. The van der Waals surface area contributed by atoms with Gasteiger partial charge < -0.3 is 10.4 Å². The van der Waals surface area contributed by atoms with Gasteiger partial charge in [0.1, 0.15) is 0 Å². The van der Waals surface area contributed by atoms with E-state index in [2.05, 4.69) is 28.3 Å². The van der Waals surface area contributed by atoms with E-state index in [4.69, 9.17) is 5.11 Å². The van der Waals surface area contributed by atoms with Crippen molar-refractivity contribution in [1.82, 2.24) is 9.97 Å². The van der Waals surface area contributed by atoms with E-state index < -0.39 is 5.97 Å². The topological polar surface area (TPSA) is 75.1 Å². The number of nitrogens with zero attached hydrogens (tertiary/aromatic N) is 2. The van der Waals surface area contributed by atoms with Gasteiger partial charge >= 0.3 is 5.97 Å². The van der Waals surface area contributed by atoms with E-state index >= 15 is 0 Å². The summed E-state index contributed by atoms with van der Waals surface area (Å²) in [7, 11) is 0. The number of aryl methyl sites for hydroxylation is 1. The number of carboxylic acid groups (broad SMARTS) is 1. The highest BCUT2D eigenvalue weighted by atomic mass is 16.4. The van der Waals surface area contributed by atoms with Crippen LogP contribution in [0.4, 0.5) is 11.6 Å². The number of unbranched alkanes of at least 4 members (excludes halogenated alkanes) is 4. The molecular formula is C23H31N3O2. The first-order chi connectivity index (χ1) is 13.6. The Morgan fingerprint density at radius 2 is 1.93 bits per heavy atom. The third kappa shape index (κ3) is 8.80. The third-order valence-corrected chi connectivity index (χ3v) is 4.38. The van der Waals surface area contributed by atoms with Gasteiger partial charge in [-0.1, -0.05) is 50.5 Å². The number of rotatable bonds is 9. The predicted molar refractivity (Wildman–Crippen MR) is 114 cm³/mol. The molecule has 0 aliphatic heterocycles. The summed E-state index contributed by atoms with van der Waals surface area (Å²) in [6.45, 7) is 4.18. The lowest BCUT2D eigenvalue weighted by Crippen LogP contribution is -2.01. The minimum atomic E-state index is -0.847. The number of allylic oxidation sites excluding steroid dienone is 1. The van der Waals surface area contributed by atoms with Crippen molar-refractivity contribution < 1.29 is 9.90 Å². The minimum Gasteiger partial charge on any atom is -0.478 e. The van der Waals surface area contributed by atoms with E-state index in [0.29, 0.717) is 11.9 Å². The molecule has 0 spiro atoms. The Bertz CT molecular complexity index is 756. The maximum atomic E-state index is 10.0. The van der Waals surface area contributed by atoms with Crippen molar-refractivity contribution in [2.24, 2.45) is 0 Å². The Hall–Kier alpha value is -2.69. The van der Waals surface area contributed by atoms with Crippen molar-refractivity contribution in [3.05, 3.63) is 59.9 Å². The molecule has 0 amide bonds. The van der Waals surface area contributed by atoms with Crippen molar-refractivity contribution in [2.45, 2.75) is 64.7 Å².